The fourth-order valence-corrected chi connectivity index (χ4v) is 2.24. The number of hydrogen-bond donors (Lipinski definition) is 0. The van der Waals surface area contributed by atoms with Crippen LogP contribution >= 0.6 is 0 Å². The molecule has 4 nitrogen and oxygen atoms in total. The van der Waals surface area contributed by atoms with Crippen LogP contribution in [0.2, 0.25) is 0 Å². The summed E-state index contributed by atoms with van der Waals surface area (Å²) in [5, 5.41) is 4.40. The first-order chi connectivity index (χ1) is 7.88. The van der Waals surface area contributed by atoms with Gasteiger partial charge in [0.1, 0.15) is 5.56 Å². The van der Waals surface area contributed by atoms with E-state index < -0.39 is 0 Å². The van der Waals surface area contributed by atoms with Gasteiger partial charge in [0.15, 0.2) is 0 Å². The number of hydrogen-bond acceptors (Lipinski definition) is 3. The van der Waals surface area contributed by atoms with E-state index in [-0.39, 0.29) is 11.4 Å². The van der Waals surface area contributed by atoms with Gasteiger partial charge >= 0.3 is 5.97 Å². The first-order valence-corrected chi connectivity index (χ1v) is 5.82. The van der Waals surface area contributed by atoms with Crippen molar-refractivity contribution in [3.63, 3.8) is 0 Å². The second-order valence-electron chi connectivity index (χ2n) is 5.05. The number of allylic oxidation sites excluding steroid dienone is 1. The van der Waals surface area contributed by atoms with Crippen LogP contribution in [0.1, 0.15) is 42.5 Å². The highest BCUT2D eigenvalue weighted by Crippen LogP contribution is 2.43. The Morgan fingerprint density at radius 3 is 2.82 bits per heavy atom. The van der Waals surface area contributed by atoms with E-state index in [9.17, 15) is 4.79 Å². The van der Waals surface area contributed by atoms with Gasteiger partial charge in [0, 0.05) is 5.41 Å². The number of esters is 1. The monoisotopic (exact) mass is 234 g/mol. The fourth-order valence-electron chi connectivity index (χ4n) is 2.24. The molecule has 0 fully saturated rings. The summed E-state index contributed by atoms with van der Waals surface area (Å²) in [7, 11) is 0. The van der Waals surface area contributed by atoms with Crippen LogP contribution in [-0.2, 0) is 11.3 Å². The first kappa shape index (κ1) is 11.9. The smallest absolute Gasteiger partial charge is 0.342 e. The van der Waals surface area contributed by atoms with Crippen molar-refractivity contribution in [2.75, 3.05) is 6.61 Å². The third-order valence-electron chi connectivity index (χ3n) is 3.25. The molecular formula is C13H18N2O2. The summed E-state index contributed by atoms with van der Waals surface area (Å²) in [6, 6.07) is 0. The number of fused-ring (bicyclic) bond motifs is 1. The number of ether oxygens (including phenoxy) is 1. The molecule has 0 saturated carbocycles. The number of carbonyl (C=O) groups excluding carboxylic acids is 1. The summed E-state index contributed by atoms with van der Waals surface area (Å²) >= 11 is 0. The molecule has 0 aromatic carbocycles. The van der Waals surface area contributed by atoms with E-state index in [1.807, 2.05) is 11.6 Å². The van der Waals surface area contributed by atoms with Gasteiger partial charge in [-0.15, -0.1) is 0 Å². The summed E-state index contributed by atoms with van der Waals surface area (Å²) in [4.78, 5) is 11.9. The minimum absolute atomic E-state index is 0.0444. The van der Waals surface area contributed by atoms with Crippen molar-refractivity contribution in [3.05, 3.63) is 23.5 Å². The van der Waals surface area contributed by atoms with Crippen molar-refractivity contribution in [2.24, 2.45) is 5.41 Å². The quantitative estimate of drug-likeness (QED) is 0.738. The fraction of sp³-hybridized carbons (Fsp3) is 0.538. The number of rotatable bonds is 2. The van der Waals surface area contributed by atoms with E-state index in [1.165, 1.54) is 0 Å². The maximum absolute atomic E-state index is 11.9. The maximum Gasteiger partial charge on any atom is 0.342 e. The molecule has 1 aromatic heterocycles. The lowest BCUT2D eigenvalue weighted by Gasteiger charge is -2.17. The summed E-state index contributed by atoms with van der Waals surface area (Å²) in [5.41, 5.74) is 3.04. The lowest BCUT2D eigenvalue weighted by atomic mass is 9.85. The molecule has 0 N–H and O–H groups in total. The lowest BCUT2D eigenvalue weighted by molar-refractivity contribution is 0.0525. The molecule has 17 heavy (non-hydrogen) atoms. The van der Waals surface area contributed by atoms with Crippen LogP contribution in [0.3, 0.4) is 0 Å². The van der Waals surface area contributed by atoms with Crippen LogP contribution in [0, 0.1) is 12.3 Å². The lowest BCUT2D eigenvalue weighted by Crippen LogP contribution is -2.13. The molecule has 0 amide bonds. The van der Waals surface area contributed by atoms with Gasteiger partial charge in [-0.05, 0) is 19.4 Å². The van der Waals surface area contributed by atoms with Crippen molar-refractivity contribution < 1.29 is 9.53 Å². The van der Waals surface area contributed by atoms with Crippen LogP contribution in [0.15, 0.2) is 6.58 Å². The molecule has 1 aliphatic rings. The van der Waals surface area contributed by atoms with Crippen molar-refractivity contribution in [1.82, 2.24) is 9.78 Å². The summed E-state index contributed by atoms with van der Waals surface area (Å²) in [6.45, 7) is 13.1. The molecule has 4 heteroatoms. The third kappa shape index (κ3) is 1.68. The standard InChI is InChI=1S/C13H18N2O2/c1-6-17-12(16)10-9(3)14-15-7-13(4,5)8(2)11(10)15/h2,6-7H2,1,3-5H3. The second-order valence-corrected chi connectivity index (χ2v) is 5.05. The van der Waals surface area contributed by atoms with Gasteiger partial charge in [-0.1, -0.05) is 20.4 Å². The zero-order chi connectivity index (χ0) is 12.8. The zero-order valence-electron chi connectivity index (χ0n) is 10.8. The van der Waals surface area contributed by atoms with Crippen LogP contribution < -0.4 is 0 Å². The SMILES string of the molecule is C=C1c2c(C(=O)OCC)c(C)nn2CC1(C)C. The van der Waals surface area contributed by atoms with Crippen molar-refractivity contribution in [2.45, 2.75) is 34.2 Å². The van der Waals surface area contributed by atoms with Crippen LogP contribution in [0.25, 0.3) is 5.57 Å². The largest absolute Gasteiger partial charge is 0.462 e. The molecule has 0 atom stereocenters. The van der Waals surface area contributed by atoms with E-state index >= 15 is 0 Å². The minimum Gasteiger partial charge on any atom is -0.462 e. The Labute approximate surface area is 101 Å². The van der Waals surface area contributed by atoms with Crippen molar-refractivity contribution >= 4 is 11.5 Å². The summed E-state index contributed by atoms with van der Waals surface area (Å²) < 4.78 is 6.94. The average Bonchev–Trinajstić information content (AvgIpc) is 2.62. The van der Waals surface area contributed by atoms with Crippen molar-refractivity contribution in [1.29, 1.82) is 0 Å². The van der Waals surface area contributed by atoms with Gasteiger partial charge in [-0.25, -0.2) is 4.79 Å². The Balaban J connectivity index is 2.51. The molecule has 0 aliphatic carbocycles. The second kappa shape index (κ2) is 3.72. The summed E-state index contributed by atoms with van der Waals surface area (Å²) in [5.74, 6) is -0.301. The normalized spacial score (nSPS) is 17.1. The highest BCUT2D eigenvalue weighted by atomic mass is 16.5. The highest BCUT2D eigenvalue weighted by Gasteiger charge is 2.38. The highest BCUT2D eigenvalue weighted by molar-refractivity contribution is 5.96. The Morgan fingerprint density at radius 1 is 1.59 bits per heavy atom. The molecule has 92 valence electrons. The van der Waals surface area contributed by atoms with E-state index in [2.05, 4.69) is 25.5 Å². The molecule has 0 saturated heterocycles. The van der Waals surface area contributed by atoms with E-state index in [0.717, 1.165) is 23.5 Å². The van der Waals surface area contributed by atoms with Gasteiger partial charge in [0.2, 0.25) is 0 Å². The van der Waals surface area contributed by atoms with Crippen molar-refractivity contribution in [3.8, 4) is 0 Å². The van der Waals surface area contributed by atoms with E-state index in [0.29, 0.717) is 12.2 Å². The molecule has 0 radical (unpaired) electrons. The number of nitrogens with zero attached hydrogens (tertiary/aromatic N) is 2. The van der Waals surface area contributed by atoms with Crippen LogP contribution in [0.4, 0.5) is 0 Å². The van der Waals surface area contributed by atoms with Gasteiger partial charge in [-0.3, -0.25) is 4.68 Å². The summed E-state index contributed by atoms with van der Waals surface area (Å²) in [6.07, 6.45) is 0. The maximum atomic E-state index is 11.9. The molecular weight excluding hydrogens is 216 g/mol. The Hall–Kier alpha value is -1.58. The third-order valence-corrected chi connectivity index (χ3v) is 3.25. The molecule has 0 bridgehead atoms. The molecule has 2 heterocycles. The van der Waals surface area contributed by atoms with Crippen LogP contribution in [0.5, 0.6) is 0 Å². The average molecular weight is 234 g/mol. The molecule has 1 aromatic rings. The minimum atomic E-state index is -0.301. The van der Waals surface area contributed by atoms with Gasteiger partial charge in [0.05, 0.1) is 24.5 Å². The molecule has 0 unspecified atom stereocenters. The molecule has 1 aliphatic heterocycles. The van der Waals surface area contributed by atoms with Crippen LogP contribution in [-0.4, -0.2) is 22.4 Å². The number of aryl methyl sites for hydroxylation is 1. The Bertz CT molecular complexity index is 498. The van der Waals surface area contributed by atoms with E-state index in [1.54, 1.807) is 6.92 Å². The first-order valence-electron chi connectivity index (χ1n) is 5.82. The number of carbonyl (C=O) groups is 1. The predicted octanol–water partition coefficient (Wildman–Crippen LogP) is 2.42. The predicted molar refractivity (Wildman–Crippen MR) is 65.7 cm³/mol. The topological polar surface area (TPSA) is 44.1 Å². The Kier molecular flexibility index (Phi) is 2.60. The Morgan fingerprint density at radius 2 is 2.24 bits per heavy atom. The van der Waals surface area contributed by atoms with E-state index in [4.69, 9.17) is 4.74 Å². The van der Waals surface area contributed by atoms with Gasteiger partial charge in [0.25, 0.3) is 0 Å². The molecule has 2 rings (SSSR count). The van der Waals surface area contributed by atoms with Gasteiger partial charge in [-0.2, -0.15) is 5.10 Å². The number of aromatic nitrogens is 2. The zero-order valence-corrected chi connectivity index (χ0v) is 10.8. The molecule has 0 spiro atoms. The van der Waals surface area contributed by atoms with Gasteiger partial charge < -0.3 is 4.74 Å².